The second-order valence-electron chi connectivity index (χ2n) is 4.53. The molecule has 0 aliphatic carbocycles. The van der Waals surface area contributed by atoms with Gasteiger partial charge in [0.05, 0.1) is 26.8 Å². The van der Waals surface area contributed by atoms with Crippen LogP contribution in [-0.2, 0) is 22.6 Å². The minimum absolute atomic E-state index is 0.109. The van der Waals surface area contributed by atoms with E-state index in [-0.39, 0.29) is 28.2 Å². The molecular weight excluding hydrogens is 322 g/mol. The Bertz CT molecular complexity index is 556. The van der Waals surface area contributed by atoms with E-state index >= 15 is 0 Å². The average Bonchev–Trinajstić information content (AvgIpc) is 2.41. The molecule has 1 N–H and O–H groups in total. The van der Waals surface area contributed by atoms with Gasteiger partial charge >= 0.3 is 11.4 Å². The topological polar surface area (TPSA) is 54.4 Å². The summed E-state index contributed by atoms with van der Waals surface area (Å²) in [7, 11) is -1.71. The van der Waals surface area contributed by atoms with E-state index in [0.29, 0.717) is 6.42 Å². The molecular formula is C14H17ClF2O3S. The summed E-state index contributed by atoms with van der Waals surface area (Å²) in [6.45, 7) is 3.53. The third-order valence-electron chi connectivity index (χ3n) is 3.06. The number of unbranched alkanes of at least 4 members (excludes halogenated alkanes) is 1. The van der Waals surface area contributed by atoms with Gasteiger partial charge in [0.15, 0.2) is 0 Å². The maximum absolute atomic E-state index is 13.5. The lowest BCUT2D eigenvalue weighted by Gasteiger charge is -2.18. The van der Waals surface area contributed by atoms with Crippen molar-refractivity contribution in [3.05, 3.63) is 28.8 Å². The highest BCUT2D eigenvalue weighted by atomic mass is 35.5. The third-order valence-corrected chi connectivity index (χ3v) is 4.85. The second-order valence-corrected chi connectivity index (χ2v) is 6.51. The quantitative estimate of drug-likeness (QED) is 0.760. The fraction of sp³-hybridized carbons (Fsp3) is 0.500. The number of halogens is 3. The first kappa shape index (κ1) is 18.0. The summed E-state index contributed by atoms with van der Waals surface area (Å²) in [6, 6.07) is 2.04. The van der Waals surface area contributed by atoms with E-state index < -0.39 is 27.7 Å². The van der Waals surface area contributed by atoms with Gasteiger partial charge in [0, 0.05) is 5.75 Å². The Morgan fingerprint density at radius 2 is 2.00 bits per heavy atom. The molecule has 3 nitrogen and oxygen atoms in total. The summed E-state index contributed by atoms with van der Waals surface area (Å²) >= 11 is 5.09. The van der Waals surface area contributed by atoms with Crippen LogP contribution < -0.4 is 0 Å². The Kier molecular flexibility index (Phi) is 6.28. The molecule has 0 heterocycles. The Balaban J connectivity index is 3.55. The van der Waals surface area contributed by atoms with Gasteiger partial charge in [0.25, 0.3) is 0 Å². The van der Waals surface area contributed by atoms with Gasteiger partial charge in [0.1, 0.15) is 0 Å². The molecule has 0 saturated carbocycles. The van der Waals surface area contributed by atoms with Crippen LogP contribution in [0.2, 0.25) is 0 Å². The van der Waals surface area contributed by atoms with E-state index in [4.69, 9.17) is 16.7 Å². The average molecular weight is 339 g/mol. The van der Waals surface area contributed by atoms with Crippen molar-refractivity contribution in [3.63, 3.8) is 0 Å². The largest absolute Gasteiger partial charge is 0.478 e. The number of aromatic carboxylic acids is 1. The monoisotopic (exact) mass is 338 g/mol. The standard InChI is InChI=1S/C14H17ClF2O3S/c1-3-5-8-21(20)12-9(4-2)10(13(18)19)6-7-11(12)14(15,16)17/h6-7H,3-5,8H2,1-2H3,(H,18,19)/t21-/m1/s1. The van der Waals surface area contributed by atoms with Gasteiger partial charge in [-0.3, -0.25) is 4.21 Å². The highest BCUT2D eigenvalue weighted by molar-refractivity contribution is 7.85. The lowest BCUT2D eigenvalue weighted by Crippen LogP contribution is -2.16. The number of rotatable bonds is 7. The lowest BCUT2D eigenvalue weighted by molar-refractivity contribution is 0.0692. The summed E-state index contributed by atoms with van der Waals surface area (Å²) in [5, 5.41) is 5.47. The molecule has 7 heteroatoms. The number of carboxylic acids is 1. The molecule has 0 saturated heterocycles. The fourth-order valence-electron chi connectivity index (χ4n) is 2.04. The molecule has 118 valence electrons. The van der Waals surface area contributed by atoms with E-state index in [1.807, 2.05) is 6.92 Å². The number of carboxylic acid groups (broad SMARTS) is 1. The smallest absolute Gasteiger partial charge is 0.349 e. The van der Waals surface area contributed by atoms with Crippen molar-refractivity contribution in [2.24, 2.45) is 0 Å². The van der Waals surface area contributed by atoms with E-state index in [0.717, 1.165) is 18.6 Å². The van der Waals surface area contributed by atoms with Crippen LogP contribution in [0, 0.1) is 0 Å². The maximum Gasteiger partial charge on any atom is 0.349 e. The van der Waals surface area contributed by atoms with Crippen molar-refractivity contribution in [3.8, 4) is 0 Å². The van der Waals surface area contributed by atoms with Crippen molar-refractivity contribution >= 4 is 28.4 Å². The predicted molar refractivity (Wildman–Crippen MR) is 78.7 cm³/mol. The highest BCUT2D eigenvalue weighted by Crippen LogP contribution is 2.38. The van der Waals surface area contributed by atoms with Gasteiger partial charge in [-0.15, -0.1) is 0 Å². The fourth-order valence-corrected chi connectivity index (χ4v) is 3.98. The first-order valence-corrected chi connectivity index (χ1v) is 8.28. The first-order valence-electron chi connectivity index (χ1n) is 6.58. The van der Waals surface area contributed by atoms with Gasteiger partial charge in [-0.1, -0.05) is 20.3 Å². The van der Waals surface area contributed by atoms with Crippen molar-refractivity contribution in [1.29, 1.82) is 0 Å². The van der Waals surface area contributed by atoms with Crippen LogP contribution in [0.3, 0.4) is 0 Å². The molecule has 0 aromatic heterocycles. The number of alkyl halides is 3. The van der Waals surface area contributed by atoms with Gasteiger partial charge in [-0.2, -0.15) is 8.78 Å². The Morgan fingerprint density at radius 3 is 2.43 bits per heavy atom. The molecule has 0 amide bonds. The van der Waals surface area contributed by atoms with Gasteiger partial charge in [-0.05, 0) is 42.1 Å². The highest BCUT2D eigenvalue weighted by Gasteiger charge is 2.35. The number of benzene rings is 1. The molecule has 0 radical (unpaired) electrons. The van der Waals surface area contributed by atoms with E-state index in [2.05, 4.69) is 0 Å². The van der Waals surface area contributed by atoms with Crippen molar-refractivity contribution < 1.29 is 22.9 Å². The minimum atomic E-state index is -3.68. The molecule has 1 aromatic carbocycles. The number of carbonyl (C=O) groups is 1. The SMILES string of the molecule is CCCC[S@@](=O)c1c(C(F)(F)Cl)ccc(C(=O)O)c1CC. The van der Waals surface area contributed by atoms with Crippen molar-refractivity contribution in [1.82, 2.24) is 0 Å². The van der Waals surface area contributed by atoms with Crippen LogP contribution in [0.25, 0.3) is 0 Å². The van der Waals surface area contributed by atoms with Crippen molar-refractivity contribution in [2.45, 2.75) is 43.4 Å². The minimum Gasteiger partial charge on any atom is -0.478 e. The third kappa shape index (κ3) is 4.23. The van der Waals surface area contributed by atoms with Gasteiger partial charge in [-0.25, -0.2) is 4.79 Å². The molecule has 1 aromatic rings. The van der Waals surface area contributed by atoms with Crippen LogP contribution in [0.5, 0.6) is 0 Å². The summed E-state index contributed by atoms with van der Waals surface area (Å²) in [6.07, 6.45) is 1.55. The molecule has 0 unspecified atom stereocenters. The summed E-state index contributed by atoms with van der Waals surface area (Å²) in [4.78, 5) is 11.1. The molecule has 1 rings (SSSR count). The second kappa shape index (κ2) is 7.31. The Hall–Kier alpha value is -1.01. The summed E-state index contributed by atoms with van der Waals surface area (Å²) in [5.74, 6) is -1.03. The zero-order chi connectivity index (χ0) is 16.2. The van der Waals surface area contributed by atoms with Crippen LogP contribution in [0.15, 0.2) is 17.0 Å². The Labute approximate surface area is 129 Å². The molecule has 0 fully saturated rings. The summed E-state index contributed by atoms with van der Waals surface area (Å²) < 4.78 is 39.4. The molecule has 1 atom stereocenters. The normalized spacial score (nSPS) is 13.2. The lowest BCUT2D eigenvalue weighted by atomic mass is 10.0. The van der Waals surface area contributed by atoms with Crippen LogP contribution >= 0.6 is 11.6 Å². The van der Waals surface area contributed by atoms with E-state index in [1.54, 1.807) is 6.92 Å². The molecule has 0 spiro atoms. The van der Waals surface area contributed by atoms with Gasteiger partial charge in [0.2, 0.25) is 0 Å². The molecule has 0 aliphatic rings. The zero-order valence-corrected chi connectivity index (χ0v) is 13.4. The van der Waals surface area contributed by atoms with Crippen LogP contribution in [-0.4, -0.2) is 21.0 Å². The maximum atomic E-state index is 13.5. The molecule has 0 aliphatic heterocycles. The van der Waals surface area contributed by atoms with E-state index in [9.17, 15) is 17.8 Å². The first-order chi connectivity index (χ1) is 9.73. The van der Waals surface area contributed by atoms with E-state index in [1.165, 1.54) is 0 Å². The van der Waals surface area contributed by atoms with Crippen LogP contribution in [0.4, 0.5) is 8.78 Å². The molecule has 21 heavy (non-hydrogen) atoms. The molecule has 0 bridgehead atoms. The summed E-state index contributed by atoms with van der Waals surface area (Å²) in [5.41, 5.74) is -0.516. The number of hydrogen-bond acceptors (Lipinski definition) is 2. The van der Waals surface area contributed by atoms with Gasteiger partial charge < -0.3 is 5.11 Å². The Morgan fingerprint density at radius 1 is 1.38 bits per heavy atom. The van der Waals surface area contributed by atoms with Crippen molar-refractivity contribution in [2.75, 3.05) is 5.75 Å². The predicted octanol–water partition coefficient (Wildman–Crippen LogP) is 4.14. The zero-order valence-electron chi connectivity index (χ0n) is 11.8. The number of hydrogen-bond donors (Lipinski definition) is 1. The van der Waals surface area contributed by atoms with Crippen LogP contribution in [0.1, 0.15) is 48.2 Å².